The average molecular weight is 279 g/mol. The first-order valence-electron chi connectivity index (χ1n) is 7.10. The third kappa shape index (κ3) is 3.18. The zero-order chi connectivity index (χ0) is 14.5. The number of aryl methyl sites for hydroxylation is 1. The summed E-state index contributed by atoms with van der Waals surface area (Å²) >= 11 is 0. The third-order valence-corrected chi connectivity index (χ3v) is 3.58. The van der Waals surface area contributed by atoms with Gasteiger partial charge in [0.1, 0.15) is 5.76 Å². The van der Waals surface area contributed by atoms with E-state index in [4.69, 9.17) is 4.42 Å². The molecule has 1 unspecified atom stereocenters. The van der Waals surface area contributed by atoms with Gasteiger partial charge in [0.05, 0.1) is 5.92 Å². The van der Waals surface area contributed by atoms with E-state index in [0.29, 0.717) is 31.1 Å². The van der Waals surface area contributed by atoms with E-state index in [1.807, 2.05) is 6.92 Å². The van der Waals surface area contributed by atoms with Gasteiger partial charge in [-0.3, -0.25) is 9.59 Å². The third-order valence-electron chi connectivity index (χ3n) is 3.58. The molecule has 1 aromatic heterocycles. The Hall–Kier alpha value is -1.85. The van der Waals surface area contributed by atoms with Crippen LogP contribution in [0.25, 0.3) is 0 Å². The normalized spacial score (nSPS) is 18.9. The van der Waals surface area contributed by atoms with Crippen molar-refractivity contribution in [3.05, 3.63) is 17.8 Å². The molecule has 6 heteroatoms. The maximum absolute atomic E-state index is 12.3. The number of hydrogen-bond acceptors (Lipinski definition) is 4. The van der Waals surface area contributed by atoms with Crippen molar-refractivity contribution in [2.45, 2.75) is 33.1 Å². The summed E-state index contributed by atoms with van der Waals surface area (Å²) in [6.07, 6.45) is 3.86. The van der Waals surface area contributed by atoms with Crippen molar-refractivity contribution < 1.29 is 14.0 Å². The molecule has 2 amide bonds. The van der Waals surface area contributed by atoms with E-state index >= 15 is 0 Å². The second-order valence-electron chi connectivity index (χ2n) is 5.14. The molecule has 110 valence electrons. The Balaban J connectivity index is 1.98. The Bertz CT molecular complexity index is 484. The largest absolute Gasteiger partial charge is 0.448 e. The number of likely N-dealkylation sites (tertiary alicyclic amines) is 1. The van der Waals surface area contributed by atoms with E-state index in [1.54, 1.807) is 11.8 Å². The van der Waals surface area contributed by atoms with E-state index < -0.39 is 0 Å². The van der Waals surface area contributed by atoms with Gasteiger partial charge in [-0.2, -0.15) is 0 Å². The first kappa shape index (κ1) is 14.6. The van der Waals surface area contributed by atoms with Gasteiger partial charge in [-0.15, -0.1) is 0 Å². The molecule has 1 fully saturated rings. The zero-order valence-corrected chi connectivity index (χ0v) is 12.0. The maximum atomic E-state index is 12.3. The number of aromatic nitrogens is 1. The number of carbonyl (C=O) groups is 2. The Kier molecular flexibility index (Phi) is 4.76. The molecule has 0 aliphatic carbocycles. The number of rotatable bonds is 4. The molecule has 0 aromatic carbocycles. The average Bonchev–Trinajstić information content (AvgIpc) is 2.90. The molecule has 0 saturated carbocycles. The summed E-state index contributed by atoms with van der Waals surface area (Å²) < 4.78 is 5.07. The Labute approximate surface area is 118 Å². The van der Waals surface area contributed by atoms with Crippen LogP contribution in [0, 0.1) is 12.8 Å². The molecule has 1 aliphatic heterocycles. The van der Waals surface area contributed by atoms with Crippen LogP contribution < -0.4 is 5.32 Å². The molecule has 0 bridgehead atoms. The molecule has 0 spiro atoms. The zero-order valence-electron chi connectivity index (χ0n) is 12.0. The number of piperidine rings is 1. The second kappa shape index (κ2) is 6.54. The highest BCUT2D eigenvalue weighted by Crippen LogP contribution is 2.19. The minimum atomic E-state index is -0.149. The van der Waals surface area contributed by atoms with Crippen molar-refractivity contribution in [2.75, 3.05) is 19.6 Å². The van der Waals surface area contributed by atoms with Crippen molar-refractivity contribution in [3.63, 3.8) is 0 Å². The Morgan fingerprint density at radius 2 is 2.35 bits per heavy atom. The first-order valence-corrected chi connectivity index (χ1v) is 7.10. The molecule has 1 aromatic rings. The SMILES string of the molecule is CCCNC(=O)C1CCCN(C(=O)c2ncoc2C)C1. The monoisotopic (exact) mass is 279 g/mol. The highest BCUT2D eigenvalue weighted by molar-refractivity contribution is 5.93. The number of amides is 2. The highest BCUT2D eigenvalue weighted by atomic mass is 16.3. The smallest absolute Gasteiger partial charge is 0.276 e. The topological polar surface area (TPSA) is 75.4 Å². The molecule has 1 aliphatic rings. The summed E-state index contributed by atoms with van der Waals surface area (Å²) in [5.41, 5.74) is 0.347. The summed E-state index contributed by atoms with van der Waals surface area (Å²) in [5, 5.41) is 2.90. The van der Waals surface area contributed by atoms with Gasteiger partial charge in [-0.05, 0) is 26.2 Å². The van der Waals surface area contributed by atoms with Gasteiger partial charge in [0, 0.05) is 19.6 Å². The van der Waals surface area contributed by atoms with Crippen LogP contribution in [0.2, 0.25) is 0 Å². The lowest BCUT2D eigenvalue weighted by Crippen LogP contribution is -2.45. The van der Waals surface area contributed by atoms with Gasteiger partial charge >= 0.3 is 0 Å². The summed E-state index contributed by atoms with van der Waals surface area (Å²) in [6.45, 7) is 5.55. The quantitative estimate of drug-likeness (QED) is 0.903. The Morgan fingerprint density at radius 3 is 3.00 bits per heavy atom. The van der Waals surface area contributed by atoms with Crippen molar-refractivity contribution in [2.24, 2.45) is 5.92 Å². The summed E-state index contributed by atoms with van der Waals surface area (Å²) in [7, 11) is 0. The maximum Gasteiger partial charge on any atom is 0.276 e. The van der Waals surface area contributed by atoms with Crippen LogP contribution in [-0.4, -0.2) is 41.3 Å². The van der Waals surface area contributed by atoms with Crippen LogP contribution in [0.4, 0.5) is 0 Å². The van der Waals surface area contributed by atoms with Crippen LogP contribution in [0.1, 0.15) is 42.4 Å². The van der Waals surface area contributed by atoms with Crippen LogP contribution >= 0.6 is 0 Å². The highest BCUT2D eigenvalue weighted by Gasteiger charge is 2.30. The molecule has 20 heavy (non-hydrogen) atoms. The fourth-order valence-electron chi connectivity index (χ4n) is 2.43. The molecule has 1 saturated heterocycles. The summed E-state index contributed by atoms with van der Waals surface area (Å²) in [6, 6.07) is 0. The fraction of sp³-hybridized carbons (Fsp3) is 0.643. The van der Waals surface area contributed by atoms with Crippen LogP contribution in [0.3, 0.4) is 0 Å². The molecule has 1 atom stereocenters. The molecule has 6 nitrogen and oxygen atoms in total. The summed E-state index contributed by atoms with van der Waals surface area (Å²) in [4.78, 5) is 30.0. The molecule has 2 rings (SSSR count). The molecule has 2 heterocycles. The number of oxazole rings is 1. The molecule has 0 radical (unpaired) electrons. The lowest BCUT2D eigenvalue weighted by atomic mass is 9.96. The van der Waals surface area contributed by atoms with Crippen molar-refractivity contribution in [1.29, 1.82) is 0 Å². The van der Waals surface area contributed by atoms with E-state index in [1.165, 1.54) is 6.39 Å². The Morgan fingerprint density at radius 1 is 1.55 bits per heavy atom. The minimum absolute atomic E-state index is 0.0428. The number of nitrogens with one attached hydrogen (secondary N) is 1. The molecule has 1 N–H and O–H groups in total. The minimum Gasteiger partial charge on any atom is -0.448 e. The lowest BCUT2D eigenvalue weighted by Gasteiger charge is -2.31. The van der Waals surface area contributed by atoms with Gasteiger partial charge in [0.25, 0.3) is 5.91 Å². The predicted molar refractivity (Wildman–Crippen MR) is 73.2 cm³/mol. The van der Waals surface area contributed by atoms with E-state index in [0.717, 1.165) is 19.3 Å². The fourth-order valence-corrected chi connectivity index (χ4v) is 2.43. The number of nitrogens with zero attached hydrogens (tertiary/aromatic N) is 2. The van der Waals surface area contributed by atoms with Gasteiger partial charge in [-0.1, -0.05) is 6.92 Å². The van der Waals surface area contributed by atoms with Crippen LogP contribution in [0.15, 0.2) is 10.8 Å². The van der Waals surface area contributed by atoms with Gasteiger partial charge < -0.3 is 14.6 Å². The first-order chi connectivity index (χ1) is 9.63. The van der Waals surface area contributed by atoms with E-state index in [-0.39, 0.29) is 17.7 Å². The van der Waals surface area contributed by atoms with Gasteiger partial charge in [0.15, 0.2) is 12.1 Å². The summed E-state index contributed by atoms with van der Waals surface area (Å²) in [5.74, 6) is 0.296. The van der Waals surface area contributed by atoms with Gasteiger partial charge in [0.2, 0.25) is 5.91 Å². The number of hydrogen-bond donors (Lipinski definition) is 1. The van der Waals surface area contributed by atoms with Crippen LogP contribution in [0.5, 0.6) is 0 Å². The standard InChI is InChI=1S/C14H21N3O3/c1-3-6-15-13(18)11-5-4-7-17(8-11)14(19)12-10(2)20-9-16-12/h9,11H,3-8H2,1-2H3,(H,15,18). The van der Waals surface area contributed by atoms with Gasteiger partial charge in [-0.25, -0.2) is 4.98 Å². The second-order valence-corrected chi connectivity index (χ2v) is 5.14. The van der Waals surface area contributed by atoms with Crippen LogP contribution in [-0.2, 0) is 4.79 Å². The molecular formula is C14H21N3O3. The number of carbonyl (C=O) groups excluding carboxylic acids is 2. The van der Waals surface area contributed by atoms with Crippen molar-refractivity contribution in [1.82, 2.24) is 15.2 Å². The van der Waals surface area contributed by atoms with Crippen molar-refractivity contribution in [3.8, 4) is 0 Å². The lowest BCUT2D eigenvalue weighted by molar-refractivity contribution is -0.126. The van der Waals surface area contributed by atoms with Crippen molar-refractivity contribution >= 4 is 11.8 Å². The predicted octanol–water partition coefficient (Wildman–Crippen LogP) is 1.36. The van der Waals surface area contributed by atoms with E-state index in [9.17, 15) is 9.59 Å². The van der Waals surface area contributed by atoms with E-state index in [2.05, 4.69) is 10.3 Å². The molecular weight excluding hydrogens is 258 g/mol.